The summed E-state index contributed by atoms with van der Waals surface area (Å²) in [5, 5.41) is 2.94. The Bertz CT molecular complexity index is 811. The lowest BCUT2D eigenvalue weighted by atomic mass is 10.1. The number of carbonyl (C=O) groups is 1. The van der Waals surface area contributed by atoms with Crippen LogP contribution in [0.25, 0.3) is 0 Å². The van der Waals surface area contributed by atoms with Gasteiger partial charge in [-0.15, -0.1) is 0 Å². The molecule has 1 N–H and O–H groups in total. The molecule has 29 heavy (non-hydrogen) atoms. The largest absolute Gasteiger partial charge is 0.490 e. The van der Waals surface area contributed by atoms with Crippen molar-refractivity contribution in [3.63, 3.8) is 0 Å². The number of benzene rings is 2. The highest BCUT2D eigenvalue weighted by Gasteiger charge is 2.18. The summed E-state index contributed by atoms with van der Waals surface area (Å²) in [4.78, 5) is 14.7. The lowest BCUT2D eigenvalue weighted by Crippen LogP contribution is -2.36. The molecule has 1 atom stereocenters. The van der Waals surface area contributed by atoms with E-state index in [-0.39, 0.29) is 5.91 Å². The standard InChI is InChI=1S/C24H32N2O3/c1-17-5-8-23(15-18(17)2)28-19(3)24(27)25-16-20-6-9-21(10-7-20)29-22-11-13-26(4)14-12-22/h5-10,15,19,22H,11-14,16H2,1-4H3,(H,25,27)/t19-/m1/s1. The molecule has 0 spiro atoms. The minimum atomic E-state index is -0.552. The van der Waals surface area contributed by atoms with Crippen molar-refractivity contribution >= 4 is 5.91 Å². The molecular formula is C24H32N2O3. The van der Waals surface area contributed by atoms with Crippen molar-refractivity contribution in [3.05, 3.63) is 59.2 Å². The minimum absolute atomic E-state index is 0.130. The van der Waals surface area contributed by atoms with Crippen LogP contribution in [0.5, 0.6) is 11.5 Å². The van der Waals surface area contributed by atoms with Crippen molar-refractivity contribution in [1.29, 1.82) is 0 Å². The fourth-order valence-corrected chi connectivity index (χ4v) is 3.36. The summed E-state index contributed by atoms with van der Waals surface area (Å²) < 4.78 is 11.8. The van der Waals surface area contributed by atoms with E-state index in [1.807, 2.05) is 49.4 Å². The van der Waals surface area contributed by atoms with E-state index in [2.05, 4.69) is 24.2 Å². The summed E-state index contributed by atoms with van der Waals surface area (Å²) in [5.74, 6) is 1.47. The van der Waals surface area contributed by atoms with Crippen LogP contribution in [0, 0.1) is 13.8 Å². The number of aryl methyl sites for hydroxylation is 2. The van der Waals surface area contributed by atoms with Gasteiger partial charge in [0.25, 0.3) is 5.91 Å². The molecule has 0 aromatic heterocycles. The Hall–Kier alpha value is -2.53. The van der Waals surface area contributed by atoms with Gasteiger partial charge in [0.1, 0.15) is 17.6 Å². The Kier molecular flexibility index (Phi) is 7.15. The number of likely N-dealkylation sites (tertiary alicyclic amines) is 1. The molecule has 5 nitrogen and oxygen atoms in total. The van der Waals surface area contributed by atoms with Crippen molar-refractivity contribution in [2.75, 3.05) is 20.1 Å². The van der Waals surface area contributed by atoms with Crippen LogP contribution < -0.4 is 14.8 Å². The van der Waals surface area contributed by atoms with E-state index in [0.29, 0.717) is 18.4 Å². The molecule has 2 aromatic carbocycles. The molecule has 0 aliphatic carbocycles. The quantitative estimate of drug-likeness (QED) is 0.772. The van der Waals surface area contributed by atoms with Gasteiger partial charge in [-0.25, -0.2) is 0 Å². The molecule has 1 aliphatic heterocycles. The molecule has 3 rings (SSSR count). The zero-order valence-electron chi connectivity index (χ0n) is 17.9. The van der Waals surface area contributed by atoms with Gasteiger partial charge in [0.15, 0.2) is 6.10 Å². The number of nitrogens with zero attached hydrogens (tertiary/aromatic N) is 1. The van der Waals surface area contributed by atoms with Gasteiger partial charge in [0.05, 0.1) is 0 Å². The zero-order valence-corrected chi connectivity index (χ0v) is 17.9. The fraction of sp³-hybridized carbons (Fsp3) is 0.458. The summed E-state index contributed by atoms with van der Waals surface area (Å²) in [6.45, 7) is 8.48. The van der Waals surface area contributed by atoms with Gasteiger partial charge in [0.2, 0.25) is 0 Å². The third-order valence-corrected chi connectivity index (χ3v) is 5.52. The predicted molar refractivity (Wildman–Crippen MR) is 115 cm³/mol. The second-order valence-corrected chi connectivity index (χ2v) is 7.99. The average molecular weight is 397 g/mol. The first-order valence-corrected chi connectivity index (χ1v) is 10.4. The molecule has 0 radical (unpaired) electrons. The SMILES string of the molecule is Cc1ccc(O[C@H](C)C(=O)NCc2ccc(OC3CCN(C)CC3)cc2)cc1C. The summed E-state index contributed by atoms with van der Waals surface area (Å²) in [5.41, 5.74) is 3.39. The van der Waals surface area contributed by atoms with Crippen molar-refractivity contribution in [2.45, 2.75) is 52.4 Å². The normalized spacial score (nSPS) is 16.3. The van der Waals surface area contributed by atoms with E-state index in [9.17, 15) is 4.79 Å². The number of nitrogens with one attached hydrogen (secondary N) is 1. The Morgan fingerprint density at radius 3 is 2.38 bits per heavy atom. The Morgan fingerprint density at radius 2 is 1.72 bits per heavy atom. The Labute approximate surface area is 174 Å². The monoisotopic (exact) mass is 396 g/mol. The molecule has 2 aromatic rings. The number of piperidine rings is 1. The number of ether oxygens (including phenoxy) is 2. The van der Waals surface area contributed by atoms with Crippen LogP contribution in [0.2, 0.25) is 0 Å². The van der Waals surface area contributed by atoms with E-state index in [1.54, 1.807) is 6.92 Å². The lowest BCUT2D eigenvalue weighted by Gasteiger charge is -2.29. The van der Waals surface area contributed by atoms with Crippen LogP contribution in [0.3, 0.4) is 0 Å². The first-order valence-electron chi connectivity index (χ1n) is 10.4. The van der Waals surface area contributed by atoms with Gasteiger partial charge in [-0.05, 0) is 81.6 Å². The molecule has 1 heterocycles. The summed E-state index contributed by atoms with van der Waals surface area (Å²) in [6.07, 6.45) is 1.86. The van der Waals surface area contributed by atoms with Gasteiger partial charge >= 0.3 is 0 Å². The van der Waals surface area contributed by atoms with Gasteiger partial charge in [-0.1, -0.05) is 18.2 Å². The Morgan fingerprint density at radius 1 is 1.07 bits per heavy atom. The third kappa shape index (κ3) is 6.23. The summed E-state index contributed by atoms with van der Waals surface area (Å²) in [7, 11) is 2.15. The molecule has 1 aliphatic rings. The average Bonchev–Trinajstić information content (AvgIpc) is 2.71. The van der Waals surface area contributed by atoms with Crippen LogP contribution in [0.1, 0.15) is 36.5 Å². The minimum Gasteiger partial charge on any atom is -0.490 e. The van der Waals surface area contributed by atoms with E-state index in [0.717, 1.165) is 42.8 Å². The number of rotatable bonds is 7. The van der Waals surface area contributed by atoms with E-state index < -0.39 is 6.10 Å². The van der Waals surface area contributed by atoms with Crippen molar-refractivity contribution in [2.24, 2.45) is 0 Å². The third-order valence-electron chi connectivity index (χ3n) is 5.52. The molecule has 0 bridgehead atoms. The maximum absolute atomic E-state index is 12.4. The highest BCUT2D eigenvalue weighted by atomic mass is 16.5. The fourth-order valence-electron chi connectivity index (χ4n) is 3.36. The number of amides is 1. The van der Waals surface area contributed by atoms with Crippen molar-refractivity contribution in [1.82, 2.24) is 10.2 Å². The van der Waals surface area contributed by atoms with E-state index >= 15 is 0 Å². The molecule has 1 saturated heterocycles. The zero-order chi connectivity index (χ0) is 20.8. The maximum atomic E-state index is 12.4. The summed E-state index contributed by atoms with van der Waals surface area (Å²) >= 11 is 0. The van der Waals surface area contributed by atoms with Gasteiger partial charge in [-0.3, -0.25) is 4.79 Å². The molecule has 156 valence electrons. The molecule has 0 saturated carbocycles. The van der Waals surface area contributed by atoms with Crippen LogP contribution in [-0.2, 0) is 11.3 Å². The Balaban J connectivity index is 1.45. The van der Waals surface area contributed by atoms with Gasteiger partial charge in [0, 0.05) is 19.6 Å². The lowest BCUT2D eigenvalue weighted by molar-refractivity contribution is -0.127. The van der Waals surface area contributed by atoms with E-state index in [1.165, 1.54) is 5.56 Å². The van der Waals surface area contributed by atoms with Crippen molar-refractivity contribution in [3.8, 4) is 11.5 Å². The second-order valence-electron chi connectivity index (χ2n) is 7.99. The van der Waals surface area contributed by atoms with Crippen LogP contribution >= 0.6 is 0 Å². The molecule has 1 fully saturated rings. The van der Waals surface area contributed by atoms with Crippen LogP contribution in [0.15, 0.2) is 42.5 Å². The summed E-state index contributed by atoms with van der Waals surface area (Å²) in [6, 6.07) is 13.8. The first-order chi connectivity index (χ1) is 13.9. The highest BCUT2D eigenvalue weighted by Crippen LogP contribution is 2.20. The van der Waals surface area contributed by atoms with Gasteiger partial charge in [-0.2, -0.15) is 0 Å². The maximum Gasteiger partial charge on any atom is 0.261 e. The topological polar surface area (TPSA) is 50.8 Å². The first kappa shape index (κ1) is 21.2. The van der Waals surface area contributed by atoms with Crippen molar-refractivity contribution < 1.29 is 14.3 Å². The molecule has 5 heteroatoms. The van der Waals surface area contributed by atoms with E-state index in [4.69, 9.17) is 9.47 Å². The highest BCUT2D eigenvalue weighted by molar-refractivity contribution is 5.80. The number of hydrogen-bond donors (Lipinski definition) is 1. The molecular weight excluding hydrogens is 364 g/mol. The second kappa shape index (κ2) is 9.79. The van der Waals surface area contributed by atoms with Crippen LogP contribution in [-0.4, -0.2) is 43.2 Å². The smallest absolute Gasteiger partial charge is 0.261 e. The predicted octanol–water partition coefficient (Wildman–Crippen LogP) is 3.86. The van der Waals surface area contributed by atoms with Gasteiger partial charge < -0.3 is 19.7 Å². The molecule has 0 unspecified atom stereocenters. The number of hydrogen-bond acceptors (Lipinski definition) is 4. The number of carbonyl (C=O) groups excluding carboxylic acids is 1. The molecule has 1 amide bonds. The van der Waals surface area contributed by atoms with Crippen LogP contribution in [0.4, 0.5) is 0 Å².